The molecule has 10 heteroatoms. The minimum Gasteiger partial charge on any atom is -0.465 e. The molecule has 3 N–H and O–H groups in total. The third-order valence-corrected chi connectivity index (χ3v) is 2.54. The summed E-state index contributed by atoms with van der Waals surface area (Å²) in [7, 11) is 0. The highest BCUT2D eigenvalue weighted by atomic mass is 19.1. The Morgan fingerprint density at radius 2 is 2.18 bits per heavy atom. The van der Waals surface area contributed by atoms with Gasteiger partial charge in [0.05, 0.1) is 12.2 Å². The van der Waals surface area contributed by atoms with E-state index in [4.69, 9.17) is 9.63 Å². The average Bonchev–Trinajstić information content (AvgIpc) is 2.94. The Morgan fingerprint density at radius 1 is 1.36 bits per heavy atom. The maximum atomic E-state index is 13.3. The molecule has 22 heavy (non-hydrogen) atoms. The summed E-state index contributed by atoms with van der Waals surface area (Å²) >= 11 is 0. The number of carboxylic acid groups (broad SMARTS) is 1. The number of halogens is 1. The molecular weight excluding hydrogens is 297 g/mol. The number of aromatic nitrogens is 3. The predicted octanol–water partition coefficient (Wildman–Crippen LogP) is 0.344. The van der Waals surface area contributed by atoms with Crippen LogP contribution in [0.15, 0.2) is 22.9 Å². The molecule has 0 bridgehead atoms. The van der Waals surface area contributed by atoms with Gasteiger partial charge in [0.1, 0.15) is 5.82 Å². The lowest BCUT2D eigenvalue weighted by atomic mass is 10.3. The van der Waals surface area contributed by atoms with Gasteiger partial charge in [0, 0.05) is 19.2 Å². The lowest BCUT2D eigenvalue weighted by Gasteiger charge is -2.02. The van der Waals surface area contributed by atoms with E-state index < -0.39 is 17.8 Å². The number of rotatable bonds is 6. The summed E-state index contributed by atoms with van der Waals surface area (Å²) in [6.07, 6.45) is 0.392. The quantitative estimate of drug-likeness (QED) is 0.701. The number of nitrogens with one attached hydrogen (secondary N) is 2. The fourth-order valence-corrected chi connectivity index (χ4v) is 1.52. The molecule has 0 aliphatic heterocycles. The van der Waals surface area contributed by atoms with Gasteiger partial charge in [-0.15, -0.1) is 0 Å². The van der Waals surface area contributed by atoms with Crippen LogP contribution < -0.4 is 10.6 Å². The Hall–Kier alpha value is -3.04. The monoisotopic (exact) mass is 309 g/mol. The van der Waals surface area contributed by atoms with Crippen LogP contribution in [0.1, 0.15) is 22.2 Å². The first-order valence-electron chi connectivity index (χ1n) is 6.23. The molecule has 0 saturated carbocycles. The maximum absolute atomic E-state index is 13.3. The van der Waals surface area contributed by atoms with Crippen molar-refractivity contribution in [3.8, 4) is 0 Å². The summed E-state index contributed by atoms with van der Waals surface area (Å²) in [6, 6.07) is 2.67. The van der Waals surface area contributed by atoms with E-state index in [1.165, 1.54) is 18.3 Å². The summed E-state index contributed by atoms with van der Waals surface area (Å²) in [6.45, 7) is -0.0340. The molecule has 0 fully saturated rings. The molecule has 2 rings (SSSR count). The van der Waals surface area contributed by atoms with Crippen molar-refractivity contribution < 1.29 is 23.6 Å². The van der Waals surface area contributed by atoms with Crippen LogP contribution >= 0.6 is 0 Å². The Morgan fingerprint density at radius 3 is 2.91 bits per heavy atom. The minimum atomic E-state index is -1.17. The van der Waals surface area contributed by atoms with Crippen LogP contribution in [0, 0.1) is 5.82 Å². The standard InChI is InChI=1S/C12H12FN5O4/c13-7-2-1-4-14-8(7)6-16-11(19)10-17-9(22-18-10)3-5-15-12(20)21/h1-2,4,15H,3,5-6H2,(H,16,19)(H,20,21). The van der Waals surface area contributed by atoms with Gasteiger partial charge in [0.2, 0.25) is 5.89 Å². The highest BCUT2D eigenvalue weighted by molar-refractivity contribution is 5.90. The summed E-state index contributed by atoms with van der Waals surface area (Å²) in [5.41, 5.74) is 0.0882. The maximum Gasteiger partial charge on any atom is 0.404 e. The largest absolute Gasteiger partial charge is 0.465 e. The van der Waals surface area contributed by atoms with E-state index in [-0.39, 0.29) is 36.9 Å². The van der Waals surface area contributed by atoms with Crippen LogP contribution in [0.25, 0.3) is 0 Å². The molecule has 2 heterocycles. The summed E-state index contributed by atoms with van der Waals surface area (Å²) in [5.74, 6) is -1.29. The first kappa shape index (κ1) is 15.4. The highest BCUT2D eigenvalue weighted by Crippen LogP contribution is 2.03. The zero-order chi connectivity index (χ0) is 15.9. The van der Waals surface area contributed by atoms with Crippen molar-refractivity contribution in [2.75, 3.05) is 6.54 Å². The summed E-state index contributed by atoms with van der Waals surface area (Å²) in [4.78, 5) is 29.6. The minimum absolute atomic E-state index is 0.0811. The Labute approximate surface area is 123 Å². The van der Waals surface area contributed by atoms with Crippen molar-refractivity contribution in [1.82, 2.24) is 25.8 Å². The second-order valence-corrected chi connectivity index (χ2v) is 4.11. The van der Waals surface area contributed by atoms with E-state index in [0.717, 1.165) is 0 Å². The van der Waals surface area contributed by atoms with Gasteiger partial charge in [-0.2, -0.15) is 4.98 Å². The highest BCUT2D eigenvalue weighted by Gasteiger charge is 2.15. The molecule has 9 nitrogen and oxygen atoms in total. The molecule has 0 spiro atoms. The van der Waals surface area contributed by atoms with Gasteiger partial charge in [-0.05, 0) is 12.1 Å². The molecule has 2 amide bonds. The molecule has 0 aromatic carbocycles. The van der Waals surface area contributed by atoms with Crippen LogP contribution in [-0.2, 0) is 13.0 Å². The van der Waals surface area contributed by atoms with Crippen LogP contribution in [0.4, 0.5) is 9.18 Å². The summed E-state index contributed by atoms with van der Waals surface area (Å²) < 4.78 is 18.1. The number of carbonyl (C=O) groups excluding carboxylic acids is 1. The SMILES string of the molecule is O=C(O)NCCc1nc(C(=O)NCc2ncccc2F)no1. The zero-order valence-corrected chi connectivity index (χ0v) is 11.2. The number of carbonyl (C=O) groups is 2. The van der Waals surface area contributed by atoms with E-state index in [1.54, 1.807) is 0 Å². The molecular formula is C12H12FN5O4. The van der Waals surface area contributed by atoms with E-state index in [0.29, 0.717) is 0 Å². The van der Waals surface area contributed by atoms with Gasteiger partial charge in [-0.3, -0.25) is 9.78 Å². The van der Waals surface area contributed by atoms with Gasteiger partial charge >= 0.3 is 6.09 Å². The Balaban J connectivity index is 1.86. The van der Waals surface area contributed by atoms with Crippen LogP contribution in [0.5, 0.6) is 0 Å². The lowest BCUT2D eigenvalue weighted by Crippen LogP contribution is -2.25. The average molecular weight is 309 g/mol. The lowest BCUT2D eigenvalue weighted by molar-refractivity contribution is 0.0936. The van der Waals surface area contributed by atoms with Crippen molar-refractivity contribution in [2.45, 2.75) is 13.0 Å². The predicted molar refractivity (Wildman–Crippen MR) is 69.4 cm³/mol. The van der Waals surface area contributed by atoms with Crippen molar-refractivity contribution in [1.29, 1.82) is 0 Å². The van der Waals surface area contributed by atoms with E-state index in [1.807, 2.05) is 0 Å². The normalized spacial score (nSPS) is 10.2. The molecule has 0 unspecified atom stereocenters. The van der Waals surface area contributed by atoms with E-state index in [2.05, 4.69) is 25.8 Å². The second-order valence-electron chi connectivity index (χ2n) is 4.11. The van der Waals surface area contributed by atoms with Crippen LogP contribution in [-0.4, -0.2) is 38.8 Å². The van der Waals surface area contributed by atoms with Crippen molar-refractivity contribution in [2.24, 2.45) is 0 Å². The number of pyridine rings is 1. The number of hydrogen-bond acceptors (Lipinski definition) is 6. The second kappa shape index (κ2) is 7.11. The van der Waals surface area contributed by atoms with Gasteiger partial charge < -0.3 is 20.3 Å². The third kappa shape index (κ3) is 4.23. The van der Waals surface area contributed by atoms with E-state index >= 15 is 0 Å². The Bertz CT molecular complexity index is 675. The smallest absolute Gasteiger partial charge is 0.404 e. The molecule has 0 saturated heterocycles. The van der Waals surface area contributed by atoms with Gasteiger partial charge in [0.15, 0.2) is 0 Å². The van der Waals surface area contributed by atoms with Gasteiger partial charge in [-0.25, -0.2) is 9.18 Å². The van der Waals surface area contributed by atoms with Gasteiger partial charge in [0.25, 0.3) is 11.7 Å². The number of hydrogen-bond donors (Lipinski definition) is 3. The zero-order valence-electron chi connectivity index (χ0n) is 11.2. The molecule has 116 valence electrons. The fourth-order valence-electron chi connectivity index (χ4n) is 1.52. The van der Waals surface area contributed by atoms with Crippen molar-refractivity contribution >= 4 is 12.0 Å². The first-order chi connectivity index (χ1) is 10.6. The summed E-state index contributed by atoms with van der Waals surface area (Å²) in [5, 5.41) is 16.4. The third-order valence-electron chi connectivity index (χ3n) is 2.54. The topological polar surface area (TPSA) is 130 Å². The molecule has 0 aliphatic rings. The molecule has 2 aromatic heterocycles. The molecule has 0 atom stereocenters. The van der Waals surface area contributed by atoms with Gasteiger partial charge in [-0.1, -0.05) is 5.16 Å². The number of nitrogens with zero attached hydrogens (tertiary/aromatic N) is 3. The number of amides is 2. The molecule has 0 aliphatic carbocycles. The molecule has 2 aromatic rings. The van der Waals surface area contributed by atoms with Crippen LogP contribution in [0.3, 0.4) is 0 Å². The van der Waals surface area contributed by atoms with Crippen molar-refractivity contribution in [3.05, 3.63) is 41.6 Å². The fraction of sp³-hybridized carbons (Fsp3) is 0.250. The van der Waals surface area contributed by atoms with Crippen molar-refractivity contribution in [3.63, 3.8) is 0 Å². The van der Waals surface area contributed by atoms with E-state index in [9.17, 15) is 14.0 Å². The first-order valence-corrected chi connectivity index (χ1v) is 6.23. The van der Waals surface area contributed by atoms with Crippen LogP contribution in [0.2, 0.25) is 0 Å². The molecule has 0 radical (unpaired) electrons. The Kier molecular flexibility index (Phi) is 4.96.